The first-order valence-electron chi connectivity index (χ1n) is 5.20. The number of thiazole rings is 1. The van der Waals surface area contributed by atoms with Gasteiger partial charge in [-0.2, -0.15) is 0 Å². The van der Waals surface area contributed by atoms with Crippen molar-refractivity contribution in [3.63, 3.8) is 0 Å². The SMILES string of the molecule is CCc1nc(-c2ccc(N)cc2)c(C(=O)O)s1. The van der Waals surface area contributed by atoms with Crippen LogP contribution in [0.5, 0.6) is 0 Å². The Morgan fingerprint density at radius 3 is 2.59 bits per heavy atom. The van der Waals surface area contributed by atoms with Crippen LogP contribution in [0.4, 0.5) is 5.69 Å². The molecule has 0 aliphatic rings. The Morgan fingerprint density at radius 1 is 1.41 bits per heavy atom. The van der Waals surface area contributed by atoms with Crippen LogP contribution in [-0.4, -0.2) is 16.1 Å². The third-order valence-corrected chi connectivity index (χ3v) is 3.54. The molecule has 5 heteroatoms. The van der Waals surface area contributed by atoms with Crippen molar-refractivity contribution in [2.45, 2.75) is 13.3 Å². The number of carboxylic acid groups (broad SMARTS) is 1. The number of hydrogen-bond donors (Lipinski definition) is 2. The molecule has 0 saturated carbocycles. The van der Waals surface area contributed by atoms with Crippen LogP contribution in [0.3, 0.4) is 0 Å². The molecule has 0 bridgehead atoms. The predicted molar refractivity (Wildman–Crippen MR) is 68.3 cm³/mol. The fourth-order valence-electron chi connectivity index (χ4n) is 1.50. The molecule has 0 atom stereocenters. The van der Waals surface area contributed by atoms with E-state index < -0.39 is 5.97 Å². The number of nitrogens with zero attached hydrogens (tertiary/aromatic N) is 1. The molecule has 0 spiro atoms. The first-order chi connectivity index (χ1) is 8.11. The molecule has 3 N–H and O–H groups in total. The van der Waals surface area contributed by atoms with Crippen LogP contribution >= 0.6 is 11.3 Å². The monoisotopic (exact) mass is 248 g/mol. The Balaban J connectivity index is 2.53. The zero-order valence-corrected chi connectivity index (χ0v) is 10.1. The maximum atomic E-state index is 11.1. The molecular formula is C12H12N2O2S. The highest BCUT2D eigenvalue weighted by atomic mass is 32.1. The van der Waals surface area contributed by atoms with Crippen molar-refractivity contribution in [1.82, 2.24) is 4.98 Å². The molecule has 2 rings (SSSR count). The molecule has 2 aromatic rings. The molecule has 1 aromatic heterocycles. The van der Waals surface area contributed by atoms with Gasteiger partial charge in [-0.3, -0.25) is 0 Å². The van der Waals surface area contributed by atoms with Crippen molar-refractivity contribution >= 4 is 23.0 Å². The van der Waals surface area contributed by atoms with Crippen LogP contribution in [0.1, 0.15) is 21.6 Å². The van der Waals surface area contributed by atoms with Crippen molar-refractivity contribution in [2.24, 2.45) is 0 Å². The van der Waals surface area contributed by atoms with Gasteiger partial charge in [0.05, 0.1) is 10.7 Å². The van der Waals surface area contributed by atoms with Crippen LogP contribution in [0.2, 0.25) is 0 Å². The van der Waals surface area contributed by atoms with Gasteiger partial charge >= 0.3 is 5.97 Å². The fourth-order valence-corrected chi connectivity index (χ4v) is 2.36. The first kappa shape index (κ1) is 11.6. The van der Waals surface area contributed by atoms with Crippen LogP contribution in [0, 0.1) is 0 Å². The summed E-state index contributed by atoms with van der Waals surface area (Å²) in [5, 5.41) is 9.96. The predicted octanol–water partition coefficient (Wildman–Crippen LogP) is 2.65. The van der Waals surface area contributed by atoms with E-state index in [1.54, 1.807) is 24.3 Å². The number of aryl methyl sites for hydroxylation is 1. The number of benzene rings is 1. The lowest BCUT2D eigenvalue weighted by atomic mass is 10.1. The Kier molecular flexibility index (Phi) is 3.10. The number of carboxylic acids is 1. The van der Waals surface area contributed by atoms with Crippen molar-refractivity contribution < 1.29 is 9.90 Å². The molecule has 0 saturated heterocycles. The van der Waals surface area contributed by atoms with E-state index in [4.69, 9.17) is 10.8 Å². The summed E-state index contributed by atoms with van der Waals surface area (Å²) in [4.78, 5) is 15.8. The van der Waals surface area contributed by atoms with Crippen LogP contribution in [0.25, 0.3) is 11.3 Å². The maximum absolute atomic E-state index is 11.1. The average Bonchev–Trinajstić information content (AvgIpc) is 2.74. The second-order valence-electron chi connectivity index (χ2n) is 3.57. The van der Waals surface area contributed by atoms with Crippen LogP contribution in [0.15, 0.2) is 24.3 Å². The number of rotatable bonds is 3. The largest absolute Gasteiger partial charge is 0.477 e. The third-order valence-electron chi connectivity index (χ3n) is 2.35. The topological polar surface area (TPSA) is 76.2 Å². The number of aromatic carboxylic acids is 1. The summed E-state index contributed by atoms with van der Waals surface area (Å²) >= 11 is 1.22. The van der Waals surface area contributed by atoms with Crippen LogP contribution < -0.4 is 5.73 Å². The van der Waals surface area contributed by atoms with Gasteiger partial charge in [0.2, 0.25) is 0 Å². The fraction of sp³-hybridized carbons (Fsp3) is 0.167. The van der Waals surface area contributed by atoms with Crippen LogP contribution in [-0.2, 0) is 6.42 Å². The molecule has 0 amide bonds. The van der Waals surface area contributed by atoms with Gasteiger partial charge in [0, 0.05) is 11.3 Å². The van der Waals surface area contributed by atoms with Crippen molar-refractivity contribution in [3.05, 3.63) is 34.2 Å². The van der Waals surface area contributed by atoms with Gasteiger partial charge in [-0.1, -0.05) is 19.1 Å². The van der Waals surface area contributed by atoms with Gasteiger partial charge in [0.1, 0.15) is 4.88 Å². The third kappa shape index (κ3) is 2.29. The van der Waals surface area contributed by atoms with E-state index in [1.807, 2.05) is 6.92 Å². The van der Waals surface area contributed by atoms with Gasteiger partial charge < -0.3 is 10.8 Å². The maximum Gasteiger partial charge on any atom is 0.348 e. The molecule has 4 nitrogen and oxygen atoms in total. The summed E-state index contributed by atoms with van der Waals surface area (Å²) in [6.07, 6.45) is 0.736. The van der Waals surface area contributed by atoms with E-state index in [0.29, 0.717) is 11.4 Å². The van der Waals surface area contributed by atoms with E-state index in [2.05, 4.69) is 4.98 Å². The summed E-state index contributed by atoms with van der Waals surface area (Å²) in [7, 11) is 0. The van der Waals surface area contributed by atoms with Gasteiger partial charge in [0.15, 0.2) is 0 Å². The Bertz CT molecular complexity index is 546. The number of hydrogen-bond acceptors (Lipinski definition) is 4. The molecule has 17 heavy (non-hydrogen) atoms. The molecular weight excluding hydrogens is 236 g/mol. The van der Waals surface area contributed by atoms with Gasteiger partial charge in [-0.15, -0.1) is 11.3 Å². The lowest BCUT2D eigenvalue weighted by Crippen LogP contribution is -1.95. The minimum absolute atomic E-state index is 0.284. The smallest absolute Gasteiger partial charge is 0.348 e. The molecule has 0 fully saturated rings. The second kappa shape index (κ2) is 4.55. The number of anilines is 1. The molecule has 0 aliphatic carbocycles. The standard InChI is InChI=1S/C12H12N2O2S/c1-2-9-14-10(11(17-9)12(15)16)7-3-5-8(13)6-4-7/h3-6H,2,13H2,1H3,(H,15,16). The van der Waals surface area contributed by atoms with E-state index in [9.17, 15) is 4.79 Å². The minimum Gasteiger partial charge on any atom is -0.477 e. The Hall–Kier alpha value is -1.88. The van der Waals surface area contributed by atoms with Gasteiger partial charge in [-0.05, 0) is 18.6 Å². The van der Waals surface area contributed by atoms with E-state index >= 15 is 0 Å². The zero-order valence-electron chi connectivity index (χ0n) is 9.30. The highest BCUT2D eigenvalue weighted by Crippen LogP contribution is 2.29. The molecule has 1 heterocycles. The summed E-state index contributed by atoms with van der Waals surface area (Å²) in [5.74, 6) is -0.936. The van der Waals surface area contributed by atoms with Crippen molar-refractivity contribution in [3.8, 4) is 11.3 Å². The lowest BCUT2D eigenvalue weighted by molar-refractivity contribution is 0.0702. The summed E-state index contributed by atoms with van der Waals surface area (Å²) in [6, 6.07) is 7.06. The highest BCUT2D eigenvalue weighted by Gasteiger charge is 2.17. The van der Waals surface area contributed by atoms with E-state index in [1.165, 1.54) is 11.3 Å². The molecule has 88 valence electrons. The molecule has 1 aromatic carbocycles. The normalized spacial score (nSPS) is 10.4. The molecule has 0 radical (unpaired) electrons. The van der Waals surface area contributed by atoms with Gasteiger partial charge in [-0.25, -0.2) is 9.78 Å². The summed E-state index contributed by atoms with van der Waals surface area (Å²) in [6.45, 7) is 1.96. The summed E-state index contributed by atoms with van der Waals surface area (Å²) in [5.41, 5.74) is 7.56. The highest BCUT2D eigenvalue weighted by molar-refractivity contribution is 7.14. The molecule has 0 unspecified atom stereocenters. The lowest BCUT2D eigenvalue weighted by Gasteiger charge is -1.99. The summed E-state index contributed by atoms with van der Waals surface area (Å²) < 4.78 is 0. The van der Waals surface area contributed by atoms with Crippen molar-refractivity contribution in [2.75, 3.05) is 5.73 Å². The quantitative estimate of drug-likeness (QED) is 0.819. The second-order valence-corrected chi connectivity index (χ2v) is 4.65. The van der Waals surface area contributed by atoms with Gasteiger partial charge in [0.25, 0.3) is 0 Å². The average molecular weight is 248 g/mol. The number of nitrogen functional groups attached to an aromatic ring is 1. The van der Waals surface area contributed by atoms with E-state index in [-0.39, 0.29) is 4.88 Å². The van der Waals surface area contributed by atoms with E-state index in [0.717, 1.165) is 17.0 Å². The first-order valence-corrected chi connectivity index (χ1v) is 6.02. The Labute approximate surface area is 103 Å². The number of aromatic nitrogens is 1. The minimum atomic E-state index is -0.936. The number of nitrogens with two attached hydrogens (primary N) is 1. The molecule has 0 aliphatic heterocycles. The zero-order chi connectivity index (χ0) is 12.4. The number of carbonyl (C=O) groups is 1. The van der Waals surface area contributed by atoms with Crippen molar-refractivity contribution in [1.29, 1.82) is 0 Å². The Morgan fingerprint density at radius 2 is 2.06 bits per heavy atom.